The fourth-order valence-electron chi connectivity index (χ4n) is 2.84. The van der Waals surface area contributed by atoms with E-state index in [1.807, 2.05) is 18.2 Å². The summed E-state index contributed by atoms with van der Waals surface area (Å²) in [6.45, 7) is 7.74. The highest BCUT2D eigenvalue weighted by Crippen LogP contribution is 2.24. The minimum atomic E-state index is 0.707. The summed E-state index contributed by atoms with van der Waals surface area (Å²) in [5.41, 5.74) is 1.18. The molecule has 1 atom stereocenters. The second kappa shape index (κ2) is 8.23. The lowest BCUT2D eigenvalue weighted by Gasteiger charge is -2.33. The second-order valence-corrected chi connectivity index (χ2v) is 6.53. The topological polar surface area (TPSA) is 15.3 Å². The number of benzene rings is 1. The Labute approximate surface area is 132 Å². The van der Waals surface area contributed by atoms with Crippen molar-refractivity contribution in [2.45, 2.75) is 32.7 Å². The molecule has 0 radical (unpaired) electrons. The Balaban J connectivity index is 1.86. The highest BCUT2D eigenvalue weighted by molar-refractivity contribution is 6.35. The third kappa shape index (κ3) is 4.92. The number of hydrogen-bond donors (Lipinski definition) is 1. The minimum Gasteiger partial charge on any atom is -0.316 e. The molecule has 0 saturated carbocycles. The Hall–Kier alpha value is -0.280. The van der Waals surface area contributed by atoms with E-state index in [1.165, 1.54) is 31.4 Å². The van der Waals surface area contributed by atoms with Crippen LogP contribution in [0.2, 0.25) is 10.0 Å². The van der Waals surface area contributed by atoms with Crippen LogP contribution in [0.5, 0.6) is 0 Å². The Morgan fingerprint density at radius 3 is 2.95 bits per heavy atom. The molecule has 1 saturated heterocycles. The standard InChI is InChI=1S/C16H24Cl2N2/c1-2-7-19-10-13-4-3-8-20(11-13)12-14-5-6-15(17)9-16(14)18/h5-6,9,13,19H,2-4,7-8,10-12H2,1H3. The van der Waals surface area contributed by atoms with Gasteiger partial charge in [0.15, 0.2) is 0 Å². The highest BCUT2D eigenvalue weighted by atomic mass is 35.5. The number of piperidine rings is 1. The summed E-state index contributed by atoms with van der Waals surface area (Å²) < 4.78 is 0. The van der Waals surface area contributed by atoms with Crippen molar-refractivity contribution in [3.63, 3.8) is 0 Å². The molecule has 1 unspecified atom stereocenters. The third-order valence-corrected chi connectivity index (χ3v) is 4.46. The highest BCUT2D eigenvalue weighted by Gasteiger charge is 2.20. The molecule has 0 bridgehead atoms. The van der Waals surface area contributed by atoms with E-state index in [0.29, 0.717) is 5.02 Å². The molecule has 2 rings (SSSR count). The quantitative estimate of drug-likeness (QED) is 0.791. The zero-order valence-corrected chi connectivity index (χ0v) is 13.7. The van der Waals surface area contributed by atoms with Gasteiger partial charge in [0.05, 0.1) is 0 Å². The van der Waals surface area contributed by atoms with Gasteiger partial charge in [0.2, 0.25) is 0 Å². The molecular weight excluding hydrogens is 291 g/mol. The lowest BCUT2D eigenvalue weighted by atomic mass is 9.97. The van der Waals surface area contributed by atoms with Crippen LogP contribution in [0, 0.1) is 5.92 Å². The monoisotopic (exact) mass is 314 g/mol. The van der Waals surface area contributed by atoms with Crippen molar-refractivity contribution in [2.75, 3.05) is 26.2 Å². The largest absolute Gasteiger partial charge is 0.316 e. The van der Waals surface area contributed by atoms with Gasteiger partial charge < -0.3 is 5.32 Å². The first-order valence-electron chi connectivity index (χ1n) is 7.56. The van der Waals surface area contributed by atoms with Crippen LogP contribution in [-0.4, -0.2) is 31.1 Å². The Morgan fingerprint density at radius 1 is 1.35 bits per heavy atom. The summed E-state index contributed by atoms with van der Waals surface area (Å²) in [7, 11) is 0. The molecule has 1 aromatic rings. The molecule has 20 heavy (non-hydrogen) atoms. The fourth-order valence-corrected chi connectivity index (χ4v) is 3.30. The Kier molecular flexibility index (Phi) is 6.63. The number of halogens is 2. The first-order chi connectivity index (χ1) is 9.69. The number of nitrogens with one attached hydrogen (secondary N) is 1. The normalized spacial score (nSPS) is 20.2. The van der Waals surface area contributed by atoms with E-state index in [4.69, 9.17) is 23.2 Å². The number of hydrogen-bond acceptors (Lipinski definition) is 2. The minimum absolute atomic E-state index is 0.707. The fraction of sp³-hybridized carbons (Fsp3) is 0.625. The van der Waals surface area contributed by atoms with Gasteiger partial charge in [-0.2, -0.15) is 0 Å². The van der Waals surface area contributed by atoms with E-state index in [2.05, 4.69) is 17.1 Å². The molecule has 4 heteroatoms. The van der Waals surface area contributed by atoms with Crippen LogP contribution in [0.4, 0.5) is 0 Å². The number of rotatable bonds is 6. The van der Waals surface area contributed by atoms with Gasteiger partial charge in [0.1, 0.15) is 0 Å². The first kappa shape index (κ1) is 16.1. The van der Waals surface area contributed by atoms with Gasteiger partial charge in [-0.1, -0.05) is 36.2 Å². The van der Waals surface area contributed by atoms with E-state index >= 15 is 0 Å². The predicted octanol–water partition coefficient (Wildman–Crippen LogP) is 4.21. The molecule has 112 valence electrons. The van der Waals surface area contributed by atoms with Crippen molar-refractivity contribution >= 4 is 23.2 Å². The van der Waals surface area contributed by atoms with Crippen molar-refractivity contribution in [2.24, 2.45) is 5.92 Å². The molecule has 0 aromatic heterocycles. The van der Waals surface area contributed by atoms with E-state index < -0.39 is 0 Å². The van der Waals surface area contributed by atoms with Crippen molar-refractivity contribution in [3.8, 4) is 0 Å². The molecule has 0 aliphatic carbocycles. The summed E-state index contributed by atoms with van der Waals surface area (Å²) in [6.07, 6.45) is 3.82. The van der Waals surface area contributed by atoms with Crippen LogP contribution < -0.4 is 5.32 Å². The van der Waals surface area contributed by atoms with Crippen LogP contribution >= 0.6 is 23.2 Å². The molecule has 1 fully saturated rings. The van der Waals surface area contributed by atoms with Gasteiger partial charge in [-0.15, -0.1) is 0 Å². The van der Waals surface area contributed by atoms with E-state index in [-0.39, 0.29) is 0 Å². The van der Waals surface area contributed by atoms with Crippen molar-refractivity contribution in [1.29, 1.82) is 0 Å². The van der Waals surface area contributed by atoms with Crippen LogP contribution in [-0.2, 0) is 6.54 Å². The van der Waals surface area contributed by atoms with Crippen LogP contribution in [0.1, 0.15) is 31.7 Å². The molecule has 0 amide bonds. The Bertz CT molecular complexity index is 423. The van der Waals surface area contributed by atoms with Crippen LogP contribution in [0.15, 0.2) is 18.2 Å². The van der Waals surface area contributed by atoms with Gasteiger partial charge in [-0.05, 0) is 62.5 Å². The van der Waals surface area contributed by atoms with Crippen molar-refractivity contribution < 1.29 is 0 Å². The molecule has 1 N–H and O–H groups in total. The zero-order valence-electron chi connectivity index (χ0n) is 12.2. The lowest BCUT2D eigenvalue weighted by Crippen LogP contribution is -2.39. The average Bonchev–Trinajstić information content (AvgIpc) is 2.43. The van der Waals surface area contributed by atoms with Gasteiger partial charge in [-0.3, -0.25) is 4.90 Å². The van der Waals surface area contributed by atoms with Gasteiger partial charge >= 0.3 is 0 Å². The van der Waals surface area contributed by atoms with Crippen molar-refractivity contribution in [1.82, 2.24) is 10.2 Å². The second-order valence-electron chi connectivity index (χ2n) is 5.68. The van der Waals surface area contributed by atoms with E-state index in [9.17, 15) is 0 Å². The first-order valence-corrected chi connectivity index (χ1v) is 8.31. The smallest absolute Gasteiger partial charge is 0.0465 e. The zero-order chi connectivity index (χ0) is 14.4. The number of nitrogens with zero attached hydrogens (tertiary/aromatic N) is 1. The third-order valence-electron chi connectivity index (χ3n) is 3.87. The summed E-state index contributed by atoms with van der Waals surface area (Å²) in [4.78, 5) is 2.51. The molecule has 1 heterocycles. The molecule has 2 nitrogen and oxygen atoms in total. The molecule has 1 aliphatic heterocycles. The van der Waals surface area contributed by atoms with Gasteiger partial charge in [0.25, 0.3) is 0 Å². The average molecular weight is 315 g/mol. The summed E-state index contributed by atoms with van der Waals surface area (Å²) >= 11 is 12.2. The van der Waals surface area contributed by atoms with Crippen LogP contribution in [0.3, 0.4) is 0 Å². The SMILES string of the molecule is CCCNCC1CCCN(Cc2ccc(Cl)cc2Cl)C1. The van der Waals surface area contributed by atoms with Crippen LogP contribution in [0.25, 0.3) is 0 Å². The van der Waals surface area contributed by atoms with Crippen molar-refractivity contribution in [3.05, 3.63) is 33.8 Å². The molecule has 0 spiro atoms. The maximum atomic E-state index is 6.26. The van der Waals surface area contributed by atoms with Gasteiger partial charge in [-0.25, -0.2) is 0 Å². The number of likely N-dealkylation sites (tertiary alicyclic amines) is 1. The van der Waals surface area contributed by atoms with E-state index in [1.54, 1.807) is 0 Å². The molecule has 1 aromatic carbocycles. The predicted molar refractivity (Wildman–Crippen MR) is 87.6 cm³/mol. The van der Waals surface area contributed by atoms with Gasteiger partial charge in [0, 0.05) is 23.1 Å². The van der Waals surface area contributed by atoms with E-state index in [0.717, 1.165) is 37.1 Å². The summed E-state index contributed by atoms with van der Waals surface area (Å²) in [5.74, 6) is 0.765. The summed E-state index contributed by atoms with van der Waals surface area (Å²) in [5, 5.41) is 5.03. The molecular formula is C16H24Cl2N2. The lowest BCUT2D eigenvalue weighted by molar-refractivity contribution is 0.165. The Morgan fingerprint density at radius 2 is 2.20 bits per heavy atom. The maximum absolute atomic E-state index is 6.26. The summed E-state index contributed by atoms with van der Waals surface area (Å²) in [6, 6.07) is 5.80. The maximum Gasteiger partial charge on any atom is 0.0465 e. The molecule has 1 aliphatic rings.